The van der Waals surface area contributed by atoms with Crippen LogP contribution in [0.5, 0.6) is 5.75 Å². The van der Waals surface area contributed by atoms with Crippen molar-refractivity contribution in [1.29, 1.82) is 0 Å². The van der Waals surface area contributed by atoms with Gasteiger partial charge in [-0.15, -0.1) is 0 Å². The second kappa shape index (κ2) is 3.66. The molecule has 0 aliphatic carbocycles. The highest BCUT2D eigenvalue weighted by Crippen LogP contribution is 2.22. The van der Waals surface area contributed by atoms with E-state index in [0.717, 1.165) is 5.48 Å². The molecule has 1 aromatic rings. The average Bonchev–Trinajstić information content (AvgIpc) is 2.04. The Hall–Kier alpha value is -0.650. The SMILES string of the molecule is COc1ccc([NH2+]O)nc1Br. The Morgan fingerprint density at radius 1 is 1.64 bits per heavy atom. The fraction of sp³-hybridized carbons (Fsp3) is 0.167. The van der Waals surface area contributed by atoms with Crippen LogP contribution in [-0.2, 0) is 0 Å². The maximum atomic E-state index is 8.58. The second-order valence-corrected chi connectivity index (χ2v) is 2.61. The molecule has 0 aliphatic rings. The lowest BCUT2D eigenvalue weighted by molar-refractivity contribution is -0.828. The molecule has 0 fully saturated rings. The minimum atomic E-state index is 0.498. The molecule has 0 spiro atoms. The first-order valence-corrected chi connectivity index (χ1v) is 3.75. The summed E-state index contributed by atoms with van der Waals surface area (Å²) in [4.78, 5) is 3.95. The molecule has 60 valence electrons. The molecule has 1 heterocycles. The summed E-state index contributed by atoms with van der Waals surface area (Å²) in [6.45, 7) is 0. The number of hydrogen-bond acceptors (Lipinski definition) is 3. The van der Waals surface area contributed by atoms with Gasteiger partial charge in [0.2, 0.25) is 0 Å². The van der Waals surface area contributed by atoms with Crippen molar-refractivity contribution in [3.63, 3.8) is 0 Å². The molecular weight excluding hydrogens is 212 g/mol. The minimum absolute atomic E-state index is 0.498. The minimum Gasteiger partial charge on any atom is -0.494 e. The highest BCUT2D eigenvalue weighted by atomic mass is 79.9. The van der Waals surface area contributed by atoms with Crippen LogP contribution in [0, 0.1) is 0 Å². The zero-order valence-corrected chi connectivity index (χ0v) is 7.50. The van der Waals surface area contributed by atoms with E-state index in [4.69, 9.17) is 9.94 Å². The van der Waals surface area contributed by atoms with Gasteiger partial charge in [0.1, 0.15) is 0 Å². The number of nitrogens with zero attached hydrogens (tertiary/aromatic N) is 1. The van der Waals surface area contributed by atoms with Crippen LogP contribution < -0.4 is 10.2 Å². The second-order valence-electron chi connectivity index (χ2n) is 1.86. The van der Waals surface area contributed by atoms with E-state index in [1.54, 1.807) is 19.2 Å². The molecule has 0 aliphatic heterocycles. The zero-order chi connectivity index (χ0) is 8.27. The third-order valence-electron chi connectivity index (χ3n) is 1.19. The molecule has 0 saturated heterocycles. The van der Waals surface area contributed by atoms with Crippen LogP contribution >= 0.6 is 15.9 Å². The largest absolute Gasteiger partial charge is 0.494 e. The summed E-state index contributed by atoms with van der Waals surface area (Å²) in [5.74, 6) is 1.15. The van der Waals surface area contributed by atoms with Crippen molar-refractivity contribution in [2.75, 3.05) is 7.11 Å². The van der Waals surface area contributed by atoms with E-state index in [-0.39, 0.29) is 0 Å². The lowest BCUT2D eigenvalue weighted by Gasteiger charge is -2.00. The van der Waals surface area contributed by atoms with Crippen molar-refractivity contribution >= 4 is 21.7 Å². The molecule has 1 aromatic heterocycles. The van der Waals surface area contributed by atoms with E-state index in [1.807, 2.05) is 0 Å². The Bertz CT molecular complexity index is 254. The summed E-state index contributed by atoms with van der Waals surface area (Å²) in [5.41, 5.74) is 0.935. The predicted octanol–water partition coefficient (Wildman–Crippen LogP) is 0.437. The number of hydrogen-bond donors (Lipinski definition) is 2. The van der Waals surface area contributed by atoms with Crippen LogP contribution in [0.3, 0.4) is 0 Å². The third-order valence-corrected chi connectivity index (χ3v) is 1.76. The Morgan fingerprint density at radius 2 is 2.36 bits per heavy atom. The first-order chi connectivity index (χ1) is 5.27. The van der Waals surface area contributed by atoms with Crippen LogP contribution in [-0.4, -0.2) is 17.3 Å². The summed E-state index contributed by atoms with van der Waals surface area (Å²) in [6, 6.07) is 3.38. The number of aromatic nitrogens is 1. The molecule has 0 atom stereocenters. The summed E-state index contributed by atoms with van der Waals surface area (Å²) in [7, 11) is 1.56. The number of methoxy groups -OCH3 is 1. The molecule has 11 heavy (non-hydrogen) atoms. The monoisotopic (exact) mass is 219 g/mol. The summed E-state index contributed by atoms with van der Waals surface area (Å²) < 4.78 is 5.53. The van der Waals surface area contributed by atoms with Crippen LogP contribution in [0.25, 0.3) is 0 Å². The smallest absolute Gasteiger partial charge is 0.258 e. The highest BCUT2D eigenvalue weighted by molar-refractivity contribution is 9.10. The van der Waals surface area contributed by atoms with Gasteiger partial charge in [0, 0.05) is 6.07 Å². The number of halogens is 1. The van der Waals surface area contributed by atoms with Crippen molar-refractivity contribution in [1.82, 2.24) is 4.98 Å². The van der Waals surface area contributed by atoms with Crippen LogP contribution in [0.15, 0.2) is 16.7 Å². The summed E-state index contributed by atoms with van der Waals surface area (Å²) >= 11 is 3.18. The topological polar surface area (TPSA) is 59.0 Å². The molecule has 0 bridgehead atoms. The lowest BCUT2D eigenvalue weighted by atomic mass is 10.4. The van der Waals surface area contributed by atoms with Gasteiger partial charge in [-0.1, -0.05) is 0 Å². The van der Waals surface area contributed by atoms with E-state index in [9.17, 15) is 0 Å². The molecular formula is C6H8BrN2O2+. The molecule has 0 aromatic carbocycles. The Morgan fingerprint density at radius 3 is 2.82 bits per heavy atom. The van der Waals surface area contributed by atoms with Gasteiger partial charge in [0.15, 0.2) is 10.4 Å². The molecule has 3 N–H and O–H groups in total. The van der Waals surface area contributed by atoms with E-state index in [1.165, 1.54) is 0 Å². The highest BCUT2D eigenvalue weighted by Gasteiger charge is 2.03. The predicted molar refractivity (Wildman–Crippen MR) is 41.9 cm³/mol. The quantitative estimate of drug-likeness (QED) is 0.561. The molecule has 0 saturated carbocycles. The van der Waals surface area contributed by atoms with Gasteiger partial charge in [-0.2, -0.15) is 10.5 Å². The summed E-state index contributed by atoms with van der Waals surface area (Å²) in [5, 5.41) is 8.58. The first-order valence-electron chi connectivity index (χ1n) is 2.96. The standard InChI is InChI=1S/C6H7BrN2O2/c1-11-4-2-3-5(9-10)8-6(4)7/h2-3,10H,1H3,(H,8,9)/p+1. The molecule has 0 radical (unpaired) electrons. The van der Waals surface area contributed by atoms with Crippen molar-refractivity contribution in [2.45, 2.75) is 0 Å². The lowest BCUT2D eigenvalue weighted by Crippen LogP contribution is -2.74. The van der Waals surface area contributed by atoms with Crippen LogP contribution in [0.1, 0.15) is 0 Å². The number of ether oxygens (including phenoxy) is 1. The first kappa shape index (κ1) is 8.45. The van der Waals surface area contributed by atoms with E-state index in [2.05, 4.69) is 20.9 Å². The Labute approximate surface area is 72.3 Å². The van der Waals surface area contributed by atoms with Gasteiger partial charge in [0.05, 0.1) is 7.11 Å². The van der Waals surface area contributed by atoms with Crippen LogP contribution in [0.2, 0.25) is 0 Å². The van der Waals surface area contributed by atoms with Gasteiger partial charge in [-0.05, 0) is 22.0 Å². The molecule has 0 unspecified atom stereocenters. The number of rotatable bonds is 2. The normalized spacial score (nSPS) is 9.73. The number of nitrogens with two attached hydrogens (primary N) is 1. The number of pyridine rings is 1. The van der Waals surface area contributed by atoms with Gasteiger partial charge >= 0.3 is 0 Å². The van der Waals surface area contributed by atoms with Crippen molar-refractivity contribution < 1.29 is 15.4 Å². The fourth-order valence-corrected chi connectivity index (χ4v) is 1.16. The van der Waals surface area contributed by atoms with Crippen molar-refractivity contribution in [3.8, 4) is 5.75 Å². The van der Waals surface area contributed by atoms with Crippen molar-refractivity contribution in [3.05, 3.63) is 16.7 Å². The third kappa shape index (κ3) is 1.89. The maximum absolute atomic E-state index is 8.58. The average molecular weight is 220 g/mol. The van der Waals surface area contributed by atoms with E-state index >= 15 is 0 Å². The molecule has 1 rings (SSSR count). The fourth-order valence-electron chi connectivity index (χ4n) is 0.660. The van der Waals surface area contributed by atoms with Gasteiger partial charge in [-0.3, -0.25) is 0 Å². The number of quaternary nitrogens is 1. The molecule has 4 nitrogen and oxygen atoms in total. The van der Waals surface area contributed by atoms with Crippen LogP contribution in [0.4, 0.5) is 5.82 Å². The van der Waals surface area contributed by atoms with Gasteiger partial charge in [0.25, 0.3) is 5.82 Å². The van der Waals surface area contributed by atoms with E-state index in [0.29, 0.717) is 16.2 Å². The molecule has 0 amide bonds. The summed E-state index contributed by atoms with van der Waals surface area (Å²) in [6.07, 6.45) is 0. The zero-order valence-electron chi connectivity index (χ0n) is 5.91. The van der Waals surface area contributed by atoms with Gasteiger partial charge in [-0.25, -0.2) is 5.21 Å². The van der Waals surface area contributed by atoms with E-state index < -0.39 is 0 Å². The maximum Gasteiger partial charge on any atom is 0.258 e. The Balaban J connectivity index is 2.99. The molecule has 5 heteroatoms. The van der Waals surface area contributed by atoms with Crippen molar-refractivity contribution in [2.24, 2.45) is 0 Å². The van der Waals surface area contributed by atoms with Gasteiger partial charge < -0.3 is 4.74 Å². The Kier molecular flexibility index (Phi) is 2.81.